The minimum absolute atomic E-state index is 0.226. The first-order valence-corrected chi connectivity index (χ1v) is 17.2. The average molecular weight is 690 g/mol. The molecule has 1 aliphatic heterocycles. The van der Waals surface area contributed by atoms with E-state index >= 15 is 0 Å². The van der Waals surface area contributed by atoms with Gasteiger partial charge in [0.25, 0.3) is 0 Å². The molecule has 4 aromatic carbocycles. The fraction of sp³-hybridized carbons (Fsp3) is 0.194. The zero-order chi connectivity index (χ0) is 33.3. The SMILES string of the molecule is CC(C)(C)CCOc1ccc(-c2ccc(Cc3nc(-c4ccc(Cl)cc4Cl)cn3-c3cccc(N4C=C(O)NS4(=O)=O)c3)cc2)cc1. The minimum atomic E-state index is -3.95. The van der Waals surface area contributed by atoms with Gasteiger partial charge in [-0.2, -0.15) is 8.42 Å². The minimum Gasteiger partial charge on any atom is -0.494 e. The molecule has 0 saturated heterocycles. The van der Waals surface area contributed by atoms with Gasteiger partial charge in [0.05, 0.1) is 29.2 Å². The lowest BCUT2D eigenvalue weighted by Gasteiger charge is -2.18. The smallest absolute Gasteiger partial charge is 0.330 e. The van der Waals surface area contributed by atoms with Gasteiger partial charge in [-0.25, -0.2) is 14.0 Å². The Morgan fingerprint density at radius 3 is 2.21 bits per heavy atom. The predicted molar refractivity (Wildman–Crippen MR) is 189 cm³/mol. The summed E-state index contributed by atoms with van der Waals surface area (Å²) in [6, 6.07) is 28.7. The highest BCUT2D eigenvalue weighted by molar-refractivity contribution is 7.91. The van der Waals surface area contributed by atoms with Crippen LogP contribution in [0.3, 0.4) is 0 Å². The zero-order valence-corrected chi connectivity index (χ0v) is 28.4. The first-order valence-electron chi connectivity index (χ1n) is 15.0. The van der Waals surface area contributed by atoms with Gasteiger partial charge in [0.15, 0.2) is 0 Å². The van der Waals surface area contributed by atoms with E-state index in [4.69, 9.17) is 32.9 Å². The van der Waals surface area contributed by atoms with Crippen LogP contribution in [-0.4, -0.2) is 29.7 Å². The average Bonchev–Trinajstić information content (AvgIpc) is 3.55. The Labute approximate surface area is 285 Å². The number of nitrogens with one attached hydrogen (secondary N) is 1. The van der Waals surface area contributed by atoms with E-state index in [-0.39, 0.29) is 5.41 Å². The molecule has 6 rings (SSSR count). The van der Waals surface area contributed by atoms with Gasteiger partial charge in [0, 0.05) is 28.9 Å². The number of hydrogen-bond acceptors (Lipinski definition) is 5. The summed E-state index contributed by atoms with van der Waals surface area (Å²) in [5.41, 5.74) is 5.81. The van der Waals surface area contributed by atoms with Crippen molar-refractivity contribution < 1.29 is 18.3 Å². The third-order valence-corrected chi connectivity index (χ3v) is 9.55. The summed E-state index contributed by atoms with van der Waals surface area (Å²) in [6.45, 7) is 7.29. The number of nitrogens with zero attached hydrogens (tertiary/aromatic N) is 3. The van der Waals surface area contributed by atoms with E-state index in [0.29, 0.717) is 51.5 Å². The van der Waals surface area contributed by atoms with E-state index in [1.165, 1.54) is 0 Å². The van der Waals surface area contributed by atoms with E-state index in [0.717, 1.165) is 39.4 Å². The fourth-order valence-electron chi connectivity index (χ4n) is 5.19. The molecule has 1 aliphatic rings. The molecular formula is C36H34Cl2N4O4S. The number of hydrogen-bond donors (Lipinski definition) is 2. The third-order valence-electron chi connectivity index (χ3n) is 7.71. The molecule has 0 saturated carbocycles. The quantitative estimate of drug-likeness (QED) is 0.161. The zero-order valence-electron chi connectivity index (χ0n) is 26.1. The van der Waals surface area contributed by atoms with Crippen molar-refractivity contribution in [2.45, 2.75) is 33.6 Å². The summed E-state index contributed by atoms with van der Waals surface area (Å²) in [5.74, 6) is 1.12. The topological polar surface area (TPSA) is 96.7 Å². The first-order chi connectivity index (χ1) is 22.3. The van der Waals surface area contributed by atoms with Crippen LogP contribution >= 0.6 is 23.2 Å². The van der Waals surface area contributed by atoms with E-state index in [9.17, 15) is 13.5 Å². The molecule has 0 amide bonds. The highest BCUT2D eigenvalue weighted by atomic mass is 35.5. The summed E-state index contributed by atoms with van der Waals surface area (Å²) >= 11 is 12.7. The van der Waals surface area contributed by atoms with Crippen LogP contribution in [0.15, 0.2) is 109 Å². The standard InChI is InChI=1S/C36H34Cl2N4O4S/c1-36(2,3)17-18-46-30-14-11-26(12-15-30)25-9-7-24(8-10-25)19-34-39-33(31-16-13-27(37)20-32(31)38)22-41(34)28-5-4-6-29(21-28)42-23-35(43)40-47(42,44)45/h4-16,20-23,40,43H,17-19H2,1-3H3. The molecule has 47 heavy (non-hydrogen) atoms. The van der Waals surface area contributed by atoms with Crippen molar-refractivity contribution in [3.8, 4) is 33.8 Å². The second-order valence-corrected chi connectivity index (χ2v) is 14.9. The normalized spacial score (nSPS) is 14.1. The first kappa shape index (κ1) is 32.5. The Kier molecular flexibility index (Phi) is 8.98. The van der Waals surface area contributed by atoms with Gasteiger partial charge in [-0.1, -0.05) is 86.4 Å². The molecule has 0 bridgehead atoms. The number of aliphatic hydroxyl groups is 1. The van der Waals surface area contributed by atoms with Crippen LogP contribution in [0, 0.1) is 5.41 Å². The monoisotopic (exact) mass is 688 g/mol. The number of benzene rings is 4. The number of halogens is 2. The molecule has 5 aromatic rings. The second-order valence-electron chi connectivity index (χ2n) is 12.5. The number of imidazole rings is 1. The number of ether oxygens (including phenoxy) is 1. The van der Waals surface area contributed by atoms with E-state index in [1.54, 1.807) is 30.3 Å². The Morgan fingerprint density at radius 1 is 0.894 bits per heavy atom. The van der Waals surface area contributed by atoms with Crippen molar-refractivity contribution in [1.29, 1.82) is 0 Å². The number of anilines is 1. The lowest BCUT2D eigenvalue weighted by atomic mass is 9.93. The summed E-state index contributed by atoms with van der Waals surface area (Å²) < 4.78 is 36.0. The lowest BCUT2D eigenvalue weighted by Crippen LogP contribution is -2.29. The maximum absolute atomic E-state index is 12.6. The van der Waals surface area contributed by atoms with Crippen molar-refractivity contribution in [2.75, 3.05) is 10.9 Å². The lowest BCUT2D eigenvalue weighted by molar-refractivity contribution is 0.243. The van der Waals surface area contributed by atoms with E-state index in [1.807, 2.05) is 35.0 Å². The molecule has 0 aliphatic carbocycles. The fourth-order valence-corrected chi connectivity index (χ4v) is 6.74. The highest BCUT2D eigenvalue weighted by Crippen LogP contribution is 2.33. The molecule has 2 N–H and O–H groups in total. The van der Waals surface area contributed by atoms with Crippen molar-refractivity contribution in [1.82, 2.24) is 14.3 Å². The van der Waals surface area contributed by atoms with Gasteiger partial charge in [0.2, 0.25) is 5.88 Å². The Balaban J connectivity index is 1.29. The second kappa shape index (κ2) is 13.0. The maximum atomic E-state index is 12.6. The number of rotatable bonds is 9. The summed E-state index contributed by atoms with van der Waals surface area (Å²) in [6.07, 6.45) is 4.46. The molecule has 242 valence electrons. The van der Waals surface area contributed by atoms with Gasteiger partial charge in [-0.3, -0.25) is 0 Å². The Hall–Kier alpha value is -4.44. The van der Waals surface area contributed by atoms with Gasteiger partial charge in [-0.05, 0) is 77.1 Å². The van der Waals surface area contributed by atoms with Crippen LogP contribution in [0.5, 0.6) is 5.75 Å². The van der Waals surface area contributed by atoms with Crippen molar-refractivity contribution in [3.63, 3.8) is 0 Å². The molecular weight excluding hydrogens is 655 g/mol. The molecule has 8 nitrogen and oxygen atoms in total. The van der Waals surface area contributed by atoms with Crippen molar-refractivity contribution in [2.24, 2.45) is 5.41 Å². The molecule has 1 aromatic heterocycles. The predicted octanol–water partition coefficient (Wildman–Crippen LogP) is 8.93. The van der Waals surface area contributed by atoms with Gasteiger partial charge < -0.3 is 14.4 Å². The largest absolute Gasteiger partial charge is 0.494 e. The van der Waals surface area contributed by atoms with Crippen LogP contribution in [0.25, 0.3) is 28.1 Å². The Morgan fingerprint density at radius 2 is 1.57 bits per heavy atom. The molecule has 11 heteroatoms. The molecule has 0 spiro atoms. The Bertz CT molecular complexity index is 2050. The van der Waals surface area contributed by atoms with Crippen LogP contribution in [0.1, 0.15) is 38.6 Å². The van der Waals surface area contributed by atoms with Gasteiger partial charge >= 0.3 is 10.2 Å². The van der Waals surface area contributed by atoms with E-state index < -0.39 is 16.1 Å². The van der Waals surface area contributed by atoms with Crippen LogP contribution in [0.4, 0.5) is 5.69 Å². The molecule has 0 atom stereocenters. The van der Waals surface area contributed by atoms with Crippen molar-refractivity contribution in [3.05, 3.63) is 131 Å². The maximum Gasteiger partial charge on any atom is 0.330 e. The summed E-state index contributed by atoms with van der Waals surface area (Å²) in [5, 5.41) is 10.8. The van der Waals surface area contributed by atoms with Crippen LogP contribution < -0.4 is 13.8 Å². The highest BCUT2D eigenvalue weighted by Gasteiger charge is 2.29. The molecule has 0 unspecified atom stereocenters. The summed E-state index contributed by atoms with van der Waals surface area (Å²) in [7, 11) is -3.95. The van der Waals surface area contributed by atoms with Crippen molar-refractivity contribution >= 4 is 39.1 Å². The van der Waals surface area contributed by atoms with Crippen LogP contribution in [-0.2, 0) is 16.6 Å². The number of aliphatic hydroxyl groups excluding tert-OH is 1. The number of aromatic nitrogens is 2. The molecule has 2 heterocycles. The summed E-state index contributed by atoms with van der Waals surface area (Å²) in [4.78, 5) is 4.97. The third kappa shape index (κ3) is 7.59. The van der Waals surface area contributed by atoms with Gasteiger partial charge in [0.1, 0.15) is 11.6 Å². The molecule has 0 radical (unpaired) electrons. The molecule has 0 fully saturated rings. The van der Waals surface area contributed by atoms with E-state index in [2.05, 4.69) is 61.9 Å². The van der Waals surface area contributed by atoms with Crippen LogP contribution in [0.2, 0.25) is 10.0 Å². The van der Waals surface area contributed by atoms with Gasteiger partial charge in [-0.15, -0.1) is 0 Å².